The number of anilines is 1. The van der Waals surface area contributed by atoms with Gasteiger partial charge in [-0.25, -0.2) is 9.07 Å². The van der Waals surface area contributed by atoms with E-state index in [4.69, 9.17) is 17.3 Å². The number of halogens is 2. The number of nitrogens with two attached hydrogens (primary N) is 1. The fraction of sp³-hybridized carbons (Fsp3) is 0.308. The van der Waals surface area contributed by atoms with E-state index in [1.807, 2.05) is 6.92 Å². The van der Waals surface area contributed by atoms with Crippen LogP contribution in [0, 0.1) is 5.82 Å². The standard InChI is InChI=1S/C13H15ClFN5O/c1-2-10(16)12-6-20(19-18-12)7-13(21)17-11-4-3-8(14)5-9(11)15/h3-6,10H,2,7,16H2,1H3,(H,17,21). The van der Waals surface area contributed by atoms with Crippen LogP contribution in [0.5, 0.6) is 0 Å². The third-order valence-corrected chi connectivity index (χ3v) is 3.12. The Morgan fingerprint density at radius 2 is 2.33 bits per heavy atom. The molecule has 21 heavy (non-hydrogen) atoms. The van der Waals surface area contributed by atoms with Gasteiger partial charge in [0.05, 0.1) is 23.6 Å². The summed E-state index contributed by atoms with van der Waals surface area (Å²) in [5.74, 6) is -1.01. The molecule has 6 nitrogen and oxygen atoms in total. The summed E-state index contributed by atoms with van der Waals surface area (Å²) in [6, 6.07) is 3.81. The van der Waals surface area contributed by atoms with Crippen molar-refractivity contribution in [2.24, 2.45) is 5.73 Å². The summed E-state index contributed by atoms with van der Waals surface area (Å²) in [5.41, 5.74) is 6.50. The number of carbonyl (C=O) groups excluding carboxylic acids is 1. The van der Waals surface area contributed by atoms with Gasteiger partial charge in [-0.3, -0.25) is 4.79 Å². The van der Waals surface area contributed by atoms with E-state index >= 15 is 0 Å². The lowest BCUT2D eigenvalue weighted by atomic mass is 10.2. The molecule has 1 atom stereocenters. The van der Waals surface area contributed by atoms with E-state index in [1.54, 1.807) is 6.20 Å². The Labute approximate surface area is 126 Å². The van der Waals surface area contributed by atoms with Crippen molar-refractivity contribution in [1.29, 1.82) is 0 Å². The molecule has 112 valence electrons. The molecule has 1 aromatic carbocycles. The molecular weight excluding hydrogens is 297 g/mol. The zero-order valence-corrected chi connectivity index (χ0v) is 12.1. The second-order valence-electron chi connectivity index (χ2n) is 4.53. The highest BCUT2D eigenvalue weighted by atomic mass is 35.5. The van der Waals surface area contributed by atoms with Gasteiger partial charge in [-0.1, -0.05) is 23.7 Å². The molecule has 1 unspecified atom stereocenters. The summed E-state index contributed by atoms with van der Waals surface area (Å²) < 4.78 is 14.9. The fourth-order valence-corrected chi connectivity index (χ4v) is 1.86. The Hall–Kier alpha value is -1.99. The molecule has 1 heterocycles. The van der Waals surface area contributed by atoms with Crippen LogP contribution in [0.4, 0.5) is 10.1 Å². The number of aromatic nitrogens is 3. The summed E-state index contributed by atoms with van der Waals surface area (Å²) in [7, 11) is 0. The van der Waals surface area contributed by atoms with Gasteiger partial charge >= 0.3 is 0 Å². The van der Waals surface area contributed by atoms with Gasteiger partial charge in [-0.2, -0.15) is 0 Å². The van der Waals surface area contributed by atoms with Crippen LogP contribution in [0.1, 0.15) is 25.1 Å². The molecule has 0 saturated heterocycles. The molecule has 0 saturated carbocycles. The van der Waals surface area contributed by atoms with E-state index in [-0.39, 0.29) is 23.3 Å². The summed E-state index contributed by atoms with van der Waals surface area (Å²) in [4.78, 5) is 11.8. The Balaban J connectivity index is 2.00. The average molecular weight is 312 g/mol. The van der Waals surface area contributed by atoms with Crippen molar-refractivity contribution in [2.75, 3.05) is 5.32 Å². The smallest absolute Gasteiger partial charge is 0.246 e. The molecule has 2 rings (SSSR count). The third-order valence-electron chi connectivity index (χ3n) is 2.89. The summed E-state index contributed by atoms with van der Waals surface area (Å²) in [6.45, 7) is 1.85. The molecular formula is C13H15ClFN5O. The van der Waals surface area contributed by atoms with Crippen LogP contribution in [0.3, 0.4) is 0 Å². The molecule has 0 spiro atoms. The first kappa shape index (κ1) is 15.4. The Morgan fingerprint density at radius 3 is 3.00 bits per heavy atom. The molecule has 0 aliphatic carbocycles. The number of benzene rings is 1. The van der Waals surface area contributed by atoms with Gasteiger partial charge in [-0.15, -0.1) is 5.10 Å². The van der Waals surface area contributed by atoms with Crippen molar-refractivity contribution in [2.45, 2.75) is 25.9 Å². The maximum Gasteiger partial charge on any atom is 0.246 e. The molecule has 0 aliphatic heterocycles. The summed E-state index contributed by atoms with van der Waals surface area (Å²) in [6.07, 6.45) is 2.33. The quantitative estimate of drug-likeness (QED) is 0.885. The normalized spacial score (nSPS) is 12.2. The molecule has 1 aromatic heterocycles. The number of hydrogen-bond acceptors (Lipinski definition) is 4. The molecule has 0 aliphatic rings. The van der Waals surface area contributed by atoms with Crippen molar-refractivity contribution >= 4 is 23.2 Å². The first-order valence-electron chi connectivity index (χ1n) is 6.40. The van der Waals surface area contributed by atoms with Crippen LogP contribution in [0.25, 0.3) is 0 Å². The molecule has 0 fully saturated rings. The van der Waals surface area contributed by atoms with E-state index in [0.29, 0.717) is 5.69 Å². The number of carbonyl (C=O) groups is 1. The zero-order valence-electron chi connectivity index (χ0n) is 11.4. The molecule has 2 aromatic rings. The monoisotopic (exact) mass is 311 g/mol. The van der Waals surface area contributed by atoms with Crippen LogP contribution in [-0.2, 0) is 11.3 Å². The van der Waals surface area contributed by atoms with Crippen molar-refractivity contribution in [3.8, 4) is 0 Å². The maximum atomic E-state index is 13.6. The number of hydrogen-bond donors (Lipinski definition) is 2. The highest BCUT2D eigenvalue weighted by molar-refractivity contribution is 6.30. The Morgan fingerprint density at radius 1 is 1.57 bits per heavy atom. The van der Waals surface area contributed by atoms with Gasteiger partial charge in [0, 0.05) is 5.02 Å². The number of nitrogens with zero attached hydrogens (tertiary/aromatic N) is 3. The maximum absolute atomic E-state index is 13.6. The number of rotatable bonds is 5. The van der Waals surface area contributed by atoms with E-state index in [0.717, 1.165) is 12.5 Å². The van der Waals surface area contributed by atoms with E-state index < -0.39 is 11.7 Å². The predicted molar refractivity (Wildman–Crippen MR) is 77.3 cm³/mol. The zero-order chi connectivity index (χ0) is 15.4. The third kappa shape index (κ3) is 3.99. The highest BCUT2D eigenvalue weighted by Crippen LogP contribution is 2.18. The highest BCUT2D eigenvalue weighted by Gasteiger charge is 2.12. The Kier molecular flexibility index (Phi) is 4.87. The van der Waals surface area contributed by atoms with Crippen molar-refractivity contribution in [1.82, 2.24) is 15.0 Å². The van der Waals surface area contributed by atoms with E-state index in [1.165, 1.54) is 16.8 Å². The molecule has 3 N–H and O–H groups in total. The first-order valence-corrected chi connectivity index (χ1v) is 6.78. The van der Waals surface area contributed by atoms with Gasteiger partial charge in [0.25, 0.3) is 0 Å². The van der Waals surface area contributed by atoms with Gasteiger partial charge in [0.15, 0.2) is 0 Å². The number of nitrogens with one attached hydrogen (secondary N) is 1. The van der Waals surface area contributed by atoms with Crippen LogP contribution in [0.15, 0.2) is 24.4 Å². The van der Waals surface area contributed by atoms with Crippen LogP contribution >= 0.6 is 11.6 Å². The van der Waals surface area contributed by atoms with Crippen LogP contribution in [-0.4, -0.2) is 20.9 Å². The summed E-state index contributed by atoms with van der Waals surface area (Å²) >= 11 is 5.64. The lowest BCUT2D eigenvalue weighted by molar-refractivity contribution is -0.116. The lowest BCUT2D eigenvalue weighted by Gasteiger charge is -2.06. The lowest BCUT2D eigenvalue weighted by Crippen LogP contribution is -2.19. The van der Waals surface area contributed by atoms with E-state index in [2.05, 4.69) is 15.6 Å². The SMILES string of the molecule is CCC(N)c1cn(CC(=O)Nc2ccc(Cl)cc2F)nn1. The van der Waals surface area contributed by atoms with Gasteiger partial charge in [0.2, 0.25) is 5.91 Å². The minimum absolute atomic E-state index is 0.0648. The second kappa shape index (κ2) is 6.64. The van der Waals surface area contributed by atoms with Crippen LogP contribution < -0.4 is 11.1 Å². The van der Waals surface area contributed by atoms with Gasteiger partial charge in [0.1, 0.15) is 12.4 Å². The van der Waals surface area contributed by atoms with Crippen molar-refractivity contribution in [3.63, 3.8) is 0 Å². The van der Waals surface area contributed by atoms with Crippen molar-refractivity contribution in [3.05, 3.63) is 40.9 Å². The first-order chi connectivity index (χ1) is 9.99. The molecule has 0 radical (unpaired) electrons. The Bertz CT molecular complexity index is 645. The van der Waals surface area contributed by atoms with Crippen molar-refractivity contribution < 1.29 is 9.18 Å². The number of amides is 1. The molecule has 1 amide bonds. The minimum atomic E-state index is -0.594. The second-order valence-corrected chi connectivity index (χ2v) is 4.96. The topological polar surface area (TPSA) is 85.8 Å². The molecule has 8 heteroatoms. The van der Waals surface area contributed by atoms with E-state index in [9.17, 15) is 9.18 Å². The van der Waals surface area contributed by atoms with Crippen LogP contribution in [0.2, 0.25) is 5.02 Å². The molecule has 0 bridgehead atoms. The largest absolute Gasteiger partial charge is 0.323 e. The fourth-order valence-electron chi connectivity index (χ4n) is 1.70. The minimum Gasteiger partial charge on any atom is -0.323 e. The summed E-state index contributed by atoms with van der Waals surface area (Å²) in [5, 5.41) is 10.4. The predicted octanol–water partition coefficient (Wildman–Crippen LogP) is 2.12. The average Bonchev–Trinajstić information content (AvgIpc) is 2.89. The van der Waals surface area contributed by atoms with Gasteiger partial charge in [-0.05, 0) is 24.6 Å². The van der Waals surface area contributed by atoms with Gasteiger partial charge < -0.3 is 11.1 Å².